The van der Waals surface area contributed by atoms with Crippen molar-refractivity contribution in [3.63, 3.8) is 0 Å². The predicted octanol–water partition coefficient (Wildman–Crippen LogP) is 1.97. The first-order valence-corrected chi connectivity index (χ1v) is 5.70. The Hall–Kier alpha value is -2.31. The number of rotatable bonds is 6. The fourth-order valence-electron chi connectivity index (χ4n) is 1.59. The summed E-state index contributed by atoms with van der Waals surface area (Å²) in [6, 6.07) is 3.87. The van der Waals surface area contributed by atoms with Gasteiger partial charge in [-0.05, 0) is 18.6 Å². The number of nitro benzene ring substituents is 1. The molecule has 0 heterocycles. The zero-order valence-corrected chi connectivity index (χ0v) is 11.0. The van der Waals surface area contributed by atoms with Crippen LogP contribution in [0.4, 0.5) is 11.4 Å². The summed E-state index contributed by atoms with van der Waals surface area (Å²) in [7, 11) is 2.65. The first-order chi connectivity index (χ1) is 9.03. The molecule has 1 rings (SSSR count). The molecule has 19 heavy (non-hydrogen) atoms. The highest BCUT2D eigenvalue weighted by atomic mass is 16.6. The molecule has 0 fully saturated rings. The molecule has 1 atom stereocenters. The van der Waals surface area contributed by atoms with E-state index >= 15 is 0 Å². The molecule has 7 heteroatoms. The summed E-state index contributed by atoms with van der Waals surface area (Å²) in [5.74, 6) is -0.248. The van der Waals surface area contributed by atoms with Crippen LogP contribution in [0.2, 0.25) is 0 Å². The van der Waals surface area contributed by atoms with Crippen molar-refractivity contribution in [1.29, 1.82) is 0 Å². The van der Waals surface area contributed by atoms with E-state index in [4.69, 9.17) is 4.74 Å². The van der Waals surface area contributed by atoms with Crippen LogP contribution in [0.3, 0.4) is 0 Å². The summed E-state index contributed by atoms with van der Waals surface area (Å²) in [6.45, 7) is 1.81. The second-order valence-corrected chi connectivity index (χ2v) is 3.77. The van der Waals surface area contributed by atoms with E-state index in [0.717, 1.165) is 0 Å². The molecule has 0 spiro atoms. The molecule has 1 aromatic rings. The zero-order valence-electron chi connectivity index (χ0n) is 11.0. The Morgan fingerprint density at radius 2 is 2.16 bits per heavy atom. The van der Waals surface area contributed by atoms with Gasteiger partial charge >= 0.3 is 11.7 Å². The highest BCUT2D eigenvalue weighted by molar-refractivity contribution is 5.79. The van der Waals surface area contributed by atoms with Gasteiger partial charge in [-0.1, -0.05) is 6.92 Å². The van der Waals surface area contributed by atoms with Crippen molar-refractivity contribution >= 4 is 17.3 Å². The molecule has 7 nitrogen and oxygen atoms in total. The highest BCUT2D eigenvalue weighted by Gasteiger charge is 2.20. The Balaban J connectivity index is 2.99. The number of nitrogens with one attached hydrogen (secondary N) is 1. The number of methoxy groups -OCH3 is 2. The number of hydrogen-bond donors (Lipinski definition) is 1. The van der Waals surface area contributed by atoms with Gasteiger partial charge in [0.05, 0.1) is 19.1 Å². The molecule has 0 bridgehead atoms. The summed E-state index contributed by atoms with van der Waals surface area (Å²) in [4.78, 5) is 21.8. The van der Waals surface area contributed by atoms with Gasteiger partial charge in [-0.15, -0.1) is 0 Å². The van der Waals surface area contributed by atoms with Gasteiger partial charge in [-0.25, -0.2) is 4.79 Å². The molecule has 1 N–H and O–H groups in total. The average molecular weight is 268 g/mol. The molecule has 0 saturated heterocycles. The standard InChI is InChI=1S/C12H16N2O5/c1-4-9(12(15)19-3)13-8-5-6-11(18-2)10(7-8)14(16)17/h5-7,9,13H,4H2,1-3H3. The maximum absolute atomic E-state index is 11.4. The summed E-state index contributed by atoms with van der Waals surface area (Å²) >= 11 is 0. The molecular formula is C12H16N2O5. The third kappa shape index (κ3) is 3.57. The number of benzene rings is 1. The van der Waals surface area contributed by atoms with Gasteiger partial charge in [-0.2, -0.15) is 0 Å². The number of anilines is 1. The zero-order chi connectivity index (χ0) is 14.4. The lowest BCUT2D eigenvalue weighted by atomic mass is 10.2. The van der Waals surface area contributed by atoms with Crippen molar-refractivity contribution in [2.24, 2.45) is 0 Å². The minimum Gasteiger partial charge on any atom is -0.490 e. The summed E-state index contributed by atoms with van der Waals surface area (Å²) in [6.07, 6.45) is 0.506. The first kappa shape index (κ1) is 14.7. The smallest absolute Gasteiger partial charge is 0.328 e. The molecule has 0 saturated carbocycles. The predicted molar refractivity (Wildman–Crippen MR) is 69.4 cm³/mol. The molecule has 1 aromatic carbocycles. The molecule has 0 aromatic heterocycles. The van der Waals surface area contributed by atoms with Gasteiger partial charge < -0.3 is 14.8 Å². The van der Waals surface area contributed by atoms with Gasteiger partial charge in [0.1, 0.15) is 6.04 Å². The van der Waals surface area contributed by atoms with Crippen LogP contribution in [0.5, 0.6) is 5.75 Å². The highest BCUT2D eigenvalue weighted by Crippen LogP contribution is 2.30. The van der Waals surface area contributed by atoms with Crippen LogP contribution in [0.15, 0.2) is 18.2 Å². The fourth-order valence-corrected chi connectivity index (χ4v) is 1.59. The molecule has 0 aliphatic rings. The monoisotopic (exact) mass is 268 g/mol. The van der Waals surface area contributed by atoms with Crippen LogP contribution < -0.4 is 10.1 Å². The number of carbonyl (C=O) groups is 1. The van der Waals surface area contributed by atoms with E-state index in [1.54, 1.807) is 6.07 Å². The number of hydrogen-bond acceptors (Lipinski definition) is 6. The van der Waals surface area contributed by atoms with Gasteiger partial charge in [0.25, 0.3) is 0 Å². The molecule has 104 valence electrons. The number of carbonyl (C=O) groups excluding carboxylic acids is 1. The van der Waals surface area contributed by atoms with Crippen molar-refractivity contribution < 1.29 is 19.2 Å². The first-order valence-electron chi connectivity index (χ1n) is 5.70. The van der Waals surface area contributed by atoms with E-state index in [1.807, 2.05) is 6.92 Å². The maximum Gasteiger partial charge on any atom is 0.328 e. The van der Waals surface area contributed by atoms with Crippen molar-refractivity contribution in [2.75, 3.05) is 19.5 Å². The maximum atomic E-state index is 11.4. The minimum absolute atomic E-state index is 0.160. The quantitative estimate of drug-likeness (QED) is 0.482. The summed E-state index contributed by atoms with van der Waals surface area (Å²) in [5.41, 5.74) is 0.303. The molecule has 0 amide bonds. The van der Waals surface area contributed by atoms with Crippen LogP contribution in [0.25, 0.3) is 0 Å². The Labute approximate surface area is 110 Å². The van der Waals surface area contributed by atoms with E-state index < -0.39 is 16.9 Å². The largest absolute Gasteiger partial charge is 0.490 e. The number of esters is 1. The lowest BCUT2D eigenvalue weighted by Gasteiger charge is -2.15. The third-order valence-corrected chi connectivity index (χ3v) is 2.61. The van der Waals surface area contributed by atoms with E-state index in [1.165, 1.54) is 26.4 Å². The number of nitro groups is 1. The van der Waals surface area contributed by atoms with Crippen molar-refractivity contribution in [3.05, 3.63) is 28.3 Å². The molecule has 1 unspecified atom stereocenters. The van der Waals surface area contributed by atoms with Crippen LogP contribution in [-0.2, 0) is 9.53 Å². The second-order valence-electron chi connectivity index (χ2n) is 3.77. The van der Waals surface area contributed by atoms with E-state index in [2.05, 4.69) is 10.1 Å². The van der Waals surface area contributed by atoms with Crippen LogP contribution >= 0.6 is 0 Å². The van der Waals surface area contributed by atoms with Crippen LogP contribution in [0, 0.1) is 10.1 Å². The average Bonchev–Trinajstić information content (AvgIpc) is 2.43. The Morgan fingerprint density at radius 3 is 2.63 bits per heavy atom. The molecule has 0 aliphatic heterocycles. The van der Waals surface area contributed by atoms with E-state index in [0.29, 0.717) is 12.1 Å². The van der Waals surface area contributed by atoms with Gasteiger partial charge in [0, 0.05) is 11.8 Å². The molecule has 0 radical (unpaired) electrons. The fraction of sp³-hybridized carbons (Fsp3) is 0.417. The molecule has 0 aliphatic carbocycles. The van der Waals surface area contributed by atoms with Crippen LogP contribution in [-0.4, -0.2) is 31.2 Å². The normalized spacial score (nSPS) is 11.5. The Morgan fingerprint density at radius 1 is 1.47 bits per heavy atom. The lowest BCUT2D eigenvalue weighted by molar-refractivity contribution is -0.385. The van der Waals surface area contributed by atoms with E-state index in [-0.39, 0.29) is 11.4 Å². The third-order valence-electron chi connectivity index (χ3n) is 2.61. The summed E-state index contributed by atoms with van der Waals surface area (Å²) < 4.78 is 9.54. The van der Waals surface area contributed by atoms with Crippen molar-refractivity contribution in [2.45, 2.75) is 19.4 Å². The van der Waals surface area contributed by atoms with E-state index in [9.17, 15) is 14.9 Å². The second kappa shape index (κ2) is 6.58. The SMILES string of the molecule is CCC(Nc1ccc(OC)c([N+](=O)[O-])c1)C(=O)OC. The van der Waals surface area contributed by atoms with Crippen LogP contribution in [0.1, 0.15) is 13.3 Å². The van der Waals surface area contributed by atoms with Gasteiger partial charge in [0.2, 0.25) is 0 Å². The molecular weight excluding hydrogens is 252 g/mol. The van der Waals surface area contributed by atoms with Gasteiger partial charge in [0.15, 0.2) is 5.75 Å². The minimum atomic E-state index is -0.544. The Bertz CT molecular complexity index is 475. The van der Waals surface area contributed by atoms with Crippen molar-refractivity contribution in [3.8, 4) is 5.75 Å². The topological polar surface area (TPSA) is 90.7 Å². The van der Waals surface area contributed by atoms with Crippen molar-refractivity contribution in [1.82, 2.24) is 0 Å². The number of nitrogens with zero attached hydrogens (tertiary/aromatic N) is 1. The summed E-state index contributed by atoms with van der Waals surface area (Å²) in [5, 5.41) is 13.8. The lowest BCUT2D eigenvalue weighted by Crippen LogP contribution is -2.29. The number of ether oxygens (including phenoxy) is 2. The van der Waals surface area contributed by atoms with Gasteiger partial charge in [-0.3, -0.25) is 10.1 Å². The Kier molecular flexibility index (Phi) is 5.11.